The van der Waals surface area contributed by atoms with E-state index in [1.807, 2.05) is 32.0 Å². The molecule has 1 aromatic rings. The van der Waals surface area contributed by atoms with Gasteiger partial charge in [-0.1, -0.05) is 24.1 Å². The Hall–Kier alpha value is -2.50. The number of aryl methyl sites for hydroxylation is 2. The lowest BCUT2D eigenvalue weighted by molar-refractivity contribution is -0.141. The summed E-state index contributed by atoms with van der Waals surface area (Å²) >= 11 is 0. The fraction of sp³-hybridized carbons (Fsp3) is 0.500. The highest BCUT2D eigenvalue weighted by Gasteiger charge is 2.50. The zero-order valence-corrected chi connectivity index (χ0v) is 15.1. The second-order valence-electron chi connectivity index (χ2n) is 7.79. The molecule has 1 aliphatic heterocycles. The van der Waals surface area contributed by atoms with E-state index in [1.54, 1.807) is 0 Å². The van der Waals surface area contributed by atoms with Crippen LogP contribution in [0.25, 0.3) is 0 Å². The molecule has 2 bridgehead atoms. The lowest BCUT2D eigenvalue weighted by atomic mass is 9.92. The van der Waals surface area contributed by atoms with Crippen molar-refractivity contribution in [3.8, 4) is 0 Å². The molecule has 6 nitrogen and oxygen atoms in total. The van der Waals surface area contributed by atoms with Crippen LogP contribution in [0.5, 0.6) is 0 Å². The van der Waals surface area contributed by atoms with E-state index in [2.05, 4.69) is 10.3 Å². The van der Waals surface area contributed by atoms with Crippen LogP contribution < -0.4 is 5.32 Å². The molecular weight excluding hydrogens is 330 g/mol. The molecule has 26 heavy (non-hydrogen) atoms. The third-order valence-electron chi connectivity index (χ3n) is 5.98. The van der Waals surface area contributed by atoms with Crippen LogP contribution in [0.3, 0.4) is 0 Å². The minimum absolute atomic E-state index is 0.0774. The molecule has 4 amide bonds. The third kappa shape index (κ3) is 2.83. The zero-order chi connectivity index (χ0) is 18.4. The van der Waals surface area contributed by atoms with E-state index in [9.17, 15) is 14.4 Å². The zero-order valence-electron chi connectivity index (χ0n) is 15.1. The maximum absolute atomic E-state index is 12.9. The molecule has 1 heterocycles. The van der Waals surface area contributed by atoms with Gasteiger partial charge >= 0.3 is 6.03 Å². The first-order chi connectivity index (χ1) is 12.4. The van der Waals surface area contributed by atoms with Crippen LogP contribution >= 0.6 is 0 Å². The number of nitrogens with one attached hydrogen (secondary N) is 1. The van der Waals surface area contributed by atoms with Crippen molar-refractivity contribution in [2.24, 2.45) is 22.7 Å². The third-order valence-corrected chi connectivity index (χ3v) is 5.98. The summed E-state index contributed by atoms with van der Waals surface area (Å²) in [4.78, 5) is 43.1. The van der Waals surface area contributed by atoms with Gasteiger partial charge < -0.3 is 0 Å². The first-order valence-corrected chi connectivity index (χ1v) is 9.23. The Labute approximate surface area is 152 Å². The Morgan fingerprint density at radius 3 is 2.62 bits per heavy atom. The van der Waals surface area contributed by atoms with Crippen LogP contribution in [0, 0.1) is 31.6 Å². The second kappa shape index (κ2) is 6.34. The second-order valence-corrected chi connectivity index (χ2v) is 7.79. The SMILES string of the molecule is Cc1ccc(N=C[C@@H]2C(=O)NC(=O)N([C@H]3C[C@H]4CC[C@H]3C4)C2=O)c(C)c1. The summed E-state index contributed by atoms with van der Waals surface area (Å²) in [7, 11) is 0. The molecule has 4 atom stereocenters. The van der Waals surface area contributed by atoms with Gasteiger partial charge in [-0.25, -0.2) is 4.79 Å². The van der Waals surface area contributed by atoms with Crippen molar-refractivity contribution in [3.05, 3.63) is 29.3 Å². The monoisotopic (exact) mass is 353 g/mol. The number of nitrogens with zero attached hydrogens (tertiary/aromatic N) is 2. The molecule has 4 rings (SSSR count). The summed E-state index contributed by atoms with van der Waals surface area (Å²) in [5.74, 6) is -1.10. The number of hydrogen-bond acceptors (Lipinski definition) is 4. The van der Waals surface area contributed by atoms with Gasteiger partial charge in [-0.05, 0) is 56.6 Å². The van der Waals surface area contributed by atoms with Crippen molar-refractivity contribution in [2.45, 2.75) is 45.6 Å². The number of rotatable bonds is 3. The van der Waals surface area contributed by atoms with Crippen LogP contribution in [0.15, 0.2) is 23.2 Å². The largest absolute Gasteiger partial charge is 0.331 e. The number of imide groups is 2. The van der Waals surface area contributed by atoms with Gasteiger partial charge in [0.05, 0.1) is 5.69 Å². The molecule has 6 heteroatoms. The number of fused-ring (bicyclic) bond motifs is 2. The topological polar surface area (TPSA) is 78.8 Å². The van der Waals surface area contributed by atoms with Crippen molar-refractivity contribution in [1.29, 1.82) is 0 Å². The number of barbiturate groups is 1. The summed E-state index contributed by atoms with van der Waals surface area (Å²) < 4.78 is 0. The van der Waals surface area contributed by atoms with Gasteiger partial charge in [-0.2, -0.15) is 0 Å². The molecule has 1 aromatic carbocycles. The molecule has 2 saturated carbocycles. The number of amides is 4. The van der Waals surface area contributed by atoms with Gasteiger partial charge in [0.25, 0.3) is 0 Å². The normalized spacial score (nSPS) is 31.2. The van der Waals surface area contributed by atoms with Crippen LogP contribution in [0.1, 0.15) is 36.8 Å². The van der Waals surface area contributed by atoms with E-state index in [-0.39, 0.29) is 6.04 Å². The Kier molecular flexibility index (Phi) is 4.13. The number of urea groups is 1. The van der Waals surface area contributed by atoms with Gasteiger partial charge in [0, 0.05) is 12.3 Å². The van der Waals surface area contributed by atoms with E-state index >= 15 is 0 Å². The first-order valence-electron chi connectivity index (χ1n) is 9.23. The fourth-order valence-electron chi connectivity index (χ4n) is 4.68. The maximum Gasteiger partial charge on any atom is 0.331 e. The van der Waals surface area contributed by atoms with Gasteiger partial charge in [0.1, 0.15) is 0 Å². The summed E-state index contributed by atoms with van der Waals surface area (Å²) in [6.45, 7) is 3.94. The standard InChI is InChI=1S/C20H23N3O3/c1-11-3-6-16(12(2)7-11)21-10-15-18(24)22-20(26)23(19(15)25)17-9-13-4-5-14(17)8-13/h3,6-7,10,13-15,17H,4-5,8-9H2,1-2H3,(H,22,24,26)/t13-,14-,15+,17-/m0/s1. The maximum atomic E-state index is 12.9. The van der Waals surface area contributed by atoms with Crippen molar-refractivity contribution in [2.75, 3.05) is 0 Å². The van der Waals surface area contributed by atoms with E-state index in [0.29, 0.717) is 11.8 Å². The molecule has 0 radical (unpaired) electrons. The molecule has 3 aliphatic rings. The predicted molar refractivity (Wildman–Crippen MR) is 97.2 cm³/mol. The van der Waals surface area contributed by atoms with Crippen molar-refractivity contribution in [3.63, 3.8) is 0 Å². The first kappa shape index (κ1) is 16.9. The van der Waals surface area contributed by atoms with E-state index in [1.165, 1.54) is 17.5 Å². The van der Waals surface area contributed by atoms with E-state index in [0.717, 1.165) is 36.1 Å². The van der Waals surface area contributed by atoms with Crippen molar-refractivity contribution < 1.29 is 14.4 Å². The lowest BCUT2D eigenvalue weighted by Gasteiger charge is -2.36. The minimum atomic E-state index is -1.05. The molecule has 1 saturated heterocycles. The minimum Gasteiger partial charge on any atom is -0.277 e. The van der Waals surface area contributed by atoms with Crippen molar-refractivity contribution >= 4 is 29.7 Å². The number of hydrogen-bond donors (Lipinski definition) is 1. The van der Waals surface area contributed by atoms with E-state index < -0.39 is 23.8 Å². The molecule has 2 aliphatic carbocycles. The number of carbonyl (C=O) groups excluding carboxylic acids is 3. The Bertz CT molecular complexity index is 817. The highest BCUT2D eigenvalue weighted by molar-refractivity contribution is 6.23. The highest BCUT2D eigenvalue weighted by atomic mass is 16.2. The average Bonchev–Trinajstić information content (AvgIpc) is 3.19. The van der Waals surface area contributed by atoms with Crippen LogP contribution in [-0.4, -0.2) is 35.0 Å². The number of benzene rings is 1. The van der Waals surface area contributed by atoms with Gasteiger partial charge in [-0.15, -0.1) is 0 Å². The van der Waals surface area contributed by atoms with Gasteiger partial charge in [-0.3, -0.25) is 24.8 Å². The quantitative estimate of drug-likeness (QED) is 0.670. The average molecular weight is 353 g/mol. The summed E-state index contributed by atoms with van der Waals surface area (Å²) in [5.41, 5.74) is 2.83. The highest BCUT2D eigenvalue weighted by Crippen LogP contribution is 2.47. The van der Waals surface area contributed by atoms with Crippen LogP contribution in [0.2, 0.25) is 0 Å². The van der Waals surface area contributed by atoms with Crippen LogP contribution in [-0.2, 0) is 9.59 Å². The molecule has 136 valence electrons. The van der Waals surface area contributed by atoms with E-state index in [4.69, 9.17) is 0 Å². The van der Waals surface area contributed by atoms with Gasteiger partial charge in [0.15, 0.2) is 5.92 Å². The molecular formula is C20H23N3O3. The Morgan fingerprint density at radius 1 is 1.15 bits per heavy atom. The fourth-order valence-corrected chi connectivity index (χ4v) is 4.68. The summed E-state index contributed by atoms with van der Waals surface area (Å²) in [5, 5.41) is 2.34. The van der Waals surface area contributed by atoms with Crippen molar-refractivity contribution in [1.82, 2.24) is 10.2 Å². The molecule has 3 fully saturated rings. The Morgan fingerprint density at radius 2 is 1.96 bits per heavy atom. The lowest BCUT2D eigenvalue weighted by Crippen LogP contribution is -2.62. The van der Waals surface area contributed by atoms with Crippen LogP contribution in [0.4, 0.5) is 10.5 Å². The number of carbonyl (C=O) groups is 3. The summed E-state index contributed by atoms with van der Waals surface area (Å²) in [6.07, 6.45) is 5.56. The Balaban J connectivity index is 1.57. The molecule has 0 unspecified atom stereocenters. The molecule has 1 N–H and O–H groups in total. The summed E-state index contributed by atoms with van der Waals surface area (Å²) in [6, 6.07) is 5.15. The predicted octanol–water partition coefficient (Wildman–Crippen LogP) is 2.89. The smallest absolute Gasteiger partial charge is 0.277 e. The molecule has 0 spiro atoms. The van der Waals surface area contributed by atoms with Gasteiger partial charge in [0.2, 0.25) is 11.8 Å². The number of aliphatic imine (C=N–C) groups is 1. The molecule has 0 aromatic heterocycles.